The van der Waals surface area contributed by atoms with Crippen LogP contribution in [0.2, 0.25) is 0 Å². The first-order valence-corrected chi connectivity index (χ1v) is 12.5. The second kappa shape index (κ2) is 7.80. The van der Waals surface area contributed by atoms with Gasteiger partial charge in [-0.05, 0) is 28.7 Å². The number of likely N-dealkylation sites (tertiary alicyclic amines) is 1. The number of carbonyl (C=O) groups excluding carboxylic acids is 3. The Morgan fingerprint density at radius 1 is 0.875 bits per heavy atom. The van der Waals surface area contributed by atoms with Gasteiger partial charge < -0.3 is 4.74 Å². The summed E-state index contributed by atoms with van der Waals surface area (Å²) in [5.74, 6) is -2.54. The molecule has 4 aliphatic rings. The molecule has 2 atom stereocenters. The Bertz CT molecular complexity index is 1010. The molecule has 1 saturated heterocycles. The van der Waals surface area contributed by atoms with Crippen molar-refractivity contribution in [3.8, 4) is 0 Å². The number of nitrogens with zero attached hydrogens (tertiary/aromatic N) is 1. The zero-order valence-electron chi connectivity index (χ0n) is 17.6. The van der Waals surface area contributed by atoms with Crippen molar-refractivity contribution in [2.24, 2.45) is 11.8 Å². The number of esters is 1. The maximum Gasteiger partial charge on any atom is 0.326 e. The maximum absolute atomic E-state index is 13.7. The van der Waals surface area contributed by atoms with E-state index in [1.807, 2.05) is 48.5 Å². The number of benzene rings is 2. The summed E-state index contributed by atoms with van der Waals surface area (Å²) in [6, 6.07) is 15.8. The Labute approximate surface area is 203 Å². The maximum atomic E-state index is 13.7. The van der Waals surface area contributed by atoms with Gasteiger partial charge >= 0.3 is 5.97 Å². The van der Waals surface area contributed by atoms with E-state index >= 15 is 0 Å². The standard InChI is InChI=1S/C25H23Br2NO4/c1-2-3-8-13-32-19(29)14-28-22(30)20-21(23(28)31)25(27)16-10-5-4-9-15(16)24(20,26)17-11-6-7-12-18(17)25/h4-7,9-12,20-21H,2-3,8,13-14H2,1H3/t20-,21+,24?,25?. The van der Waals surface area contributed by atoms with Crippen molar-refractivity contribution in [3.05, 3.63) is 70.8 Å². The van der Waals surface area contributed by atoms with Crippen molar-refractivity contribution in [1.29, 1.82) is 0 Å². The molecule has 166 valence electrons. The molecular weight excluding hydrogens is 538 g/mol. The number of alkyl halides is 2. The summed E-state index contributed by atoms with van der Waals surface area (Å²) >= 11 is 7.89. The summed E-state index contributed by atoms with van der Waals surface area (Å²) < 4.78 is 3.61. The first-order valence-electron chi connectivity index (χ1n) is 10.9. The van der Waals surface area contributed by atoms with E-state index in [2.05, 4.69) is 38.8 Å². The minimum atomic E-state index is -0.840. The molecule has 0 saturated carbocycles. The van der Waals surface area contributed by atoms with E-state index in [4.69, 9.17) is 4.74 Å². The molecule has 5 nitrogen and oxygen atoms in total. The first kappa shape index (κ1) is 21.8. The SMILES string of the molecule is CCCCCOC(=O)CN1C(=O)[C@@H]2[C@H](C1=O)C1(Br)c3ccccc3C2(Br)c2ccccc21. The third-order valence-corrected chi connectivity index (χ3v) is 9.67. The summed E-state index contributed by atoms with van der Waals surface area (Å²) in [6.07, 6.45) is 2.76. The average molecular weight is 561 g/mol. The lowest BCUT2D eigenvalue weighted by Gasteiger charge is -2.55. The fourth-order valence-electron chi connectivity index (χ4n) is 5.59. The van der Waals surface area contributed by atoms with Crippen LogP contribution in [0.25, 0.3) is 0 Å². The fourth-order valence-corrected chi connectivity index (χ4v) is 7.90. The number of hydrogen-bond acceptors (Lipinski definition) is 4. The zero-order valence-corrected chi connectivity index (χ0v) is 20.8. The molecule has 2 aromatic carbocycles. The van der Waals surface area contributed by atoms with Crippen LogP contribution in [-0.2, 0) is 27.8 Å². The molecule has 1 fully saturated rings. The molecule has 0 N–H and O–H groups in total. The van der Waals surface area contributed by atoms with Crippen LogP contribution in [0.4, 0.5) is 0 Å². The van der Waals surface area contributed by atoms with E-state index in [9.17, 15) is 14.4 Å². The molecule has 3 aliphatic carbocycles. The number of amides is 2. The van der Waals surface area contributed by atoms with Crippen LogP contribution in [0.1, 0.15) is 48.4 Å². The third kappa shape index (κ3) is 2.76. The quantitative estimate of drug-likeness (QED) is 0.224. The molecule has 0 unspecified atom stereocenters. The lowest BCUT2D eigenvalue weighted by atomic mass is 9.54. The van der Waals surface area contributed by atoms with E-state index in [1.165, 1.54) is 0 Å². The Kier molecular flexibility index (Phi) is 5.32. The van der Waals surface area contributed by atoms with Crippen LogP contribution in [-0.4, -0.2) is 35.8 Å². The third-order valence-electron chi connectivity index (χ3n) is 6.97. The highest BCUT2D eigenvalue weighted by Gasteiger charge is 2.72. The largest absolute Gasteiger partial charge is 0.464 e. The predicted molar refractivity (Wildman–Crippen MR) is 126 cm³/mol. The fraction of sp³-hybridized carbons (Fsp3) is 0.400. The summed E-state index contributed by atoms with van der Waals surface area (Å²) in [5, 5.41) is 0. The monoisotopic (exact) mass is 559 g/mol. The summed E-state index contributed by atoms with van der Waals surface area (Å²) in [4.78, 5) is 40.9. The minimum absolute atomic E-state index is 0.303. The Hall–Kier alpha value is -1.99. The van der Waals surface area contributed by atoms with E-state index in [0.29, 0.717) is 6.61 Å². The van der Waals surface area contributed by atoms with Gasteiger partial charge in [0.2, 0.25) is 11.8 Å². The van der Waals surface area contributed by atoms with Gasteiger partial charge in [-0.25, -0.2) is 0 Å². The second-order valence-corrected chi connectivity index (χ2v) is 11.2. The van der Waals surface area contributed by atoms with Gasteiger partial charge in [0.05, 0.1) is 27.1 Å². The number of carbonyl (C=O) groups is 3. The van der Waals surface area contributed by atoms with Crippen LogP contribution in [0, 0.1) is 11.8 Å². The Balaban J connectivity index is 1.56. The highest BCUT2D eigenvalue weighted by Crippen LogP contribution is 2.70. The second-order valence-electron chi connectivity index (χ2n) is 8.66. The van der Waals surface area contributed by atoms with Crippen molar-refractivity contribution in [1.82, 2.24) is 4.90 Å². The molecule has 2 bridgehead atoms. The molecule has 2 aromatic rings. The highest BCUT2D eigenvalue weighted by atomic mass is 79.9. The van der Waals surface area contributed by atoms with Gasteiger partial charge in [0, 0.05) is 0 Å². The van der Waals surface area contributed by atoms with Crippen LogP contribution >= 0.6 is 31.9 Å². The molecule has 1 heterocycles. The number of ether oxygens (including phenoxy) is 1. The smallest absolute Gasteiger partial charge is 0.326 e. The molecule has 0 aromatic heterocycles. The van der Waals surface area contributed by atoms with Gasteiger partial charge in [0.1, 0.15) is 6.54 Å². The average Bonchev–Trinajstić information content (AvgIpc) is 3.06. The van der Waals surface area contributed by atoms with Gasteiger partial charge in [-0.2, -0.15) is 0 Å². The Morgan fingerprint density at radius 2 is 1.31 bits per heavy atom. The van der Waals surface area contributed by atoms with Crippen molar-refractivity contribution in [3.63, 3.8) is 0 Å². The van der Waals surface area contributed by atoms with Gasteiger partial charge in [-0.1, -0.05) is 100 Å². The number of halogens is 2. The zero-order chi connectivity index (χ0) is 22.7. The minimum Gasteiger partial charge on any atom is -0.464 e. The molecule has 7 heteroatoms. The summed E-state index contributed by atoms with van der Waals surface area (Å²) in [7, 11) is 0. The molecule has 0 spiro atoms. The van der Waals surface area contributed by atoms with E-state index in [-0.39, 0.29) is 18.4 Å². The lowest BCUT2D eigenvalue weighted by molar-refractivity contribution is -0.153. The van der Waals surface area contributed by atoms with Crippen molar-refractivity contribution < 1.29 is 19.1 Å². The van der Waals surface area contributed by atoms with Gasteiger partial charge in [-0.15, -0.1) is 0 Å². The normalized spacial score (nSPS) is 29.5. The van der Waals surface area contributed by atoms with Crippen LogP contribution in [0.3, 0.4) is 0 Å². The topological polar surface area (TPSA) is 63.7 Å². The molecule has 0 radical (unpaired) electrons. The predicted octanol–water partition coefficient (Wildman–Crippen LogP) is 4.63. The first-order chi connectivity index (χ1) is 15.4. The van der Waals surface area contributed by atoms with Crippen LogP contribution in [0.5, 0.6) is 0 Å². The molecule has 6 rings (SSSR count). The van der Waals surface area contributed by atoms with Crippen LogP contribution in [0.15, 0.2) is 48.5 Å². The van der Waals surface area contributed by atoms with Crippen molar-refractivity contribution in [2.45, 2.75) is 34.8 Å². The van der Waals surface area contributed by atoms with E-state index < -0.39 is 26.5 Å². The van der Waals surface area contributed by atoms with Gasteiger partial charge in [-0.3, -0.25) is 19.3 Å². The number of hydrogen-bond donors (Lipinski definition) is 0. The molecular formula is C25H23Br2NO4. The lowest BCUT2D eigenvalue weighted by Crippen LogP contribution is -2.56. The van der Waals surface area contributed by atoms with Crippen molar-refractivity contribution in [2.75, 3.05) is 13.2 Å². The molecule has 2 amide bonds. The summed E-state index contributed by atoms with van der Waals surface area (Å²) in [6.45, 7) is 2.02. The van der Waals surface area contributed by atoms with E-state index in [1.54, 1.807) is 0 Å². The molecule has 1 aliphatic heterocycles. The van der Waals surface area contributed by atoms with Crippen molar-refractivity contribution >= 4 is 49.6 Å². The van der Waals surface area contributed by atoms with Gasteiger partial charge in [0.25, 0.3) is 0 Å². The number of rotatable bonds is 6. The highest BCUT2D eigenvalue weighted by molar-refractivity contribution is 9.10. The Morgan fingerprint density at radius 3 is 1.72 bits per heavy atom. The number of unbranched alkanes of at least 4 members (excludes halogenated alkanes) is 2. The molecule has 32 heavy (non-hydrogen) atoms. The summed E-state index contributed by atoms with van der Waals surface area (Å²) in [5.41, 5.74) is 3.90. The number of imide groups is 1. The van der Waals surface area contributed by atoms with Gasteiger partial charge in [0.15, 0.2) is 0 Å². The van der Waals surface area contributed by atoms with E-state index in [0.717, 1.165) is 46.4 Å². The van der Waals surface area contributed by atoms with Crippen LogP contribution < -0.4 is 0 Å².